The predicted molar refractivity (Wildman–Crippen MR) is 222 cm³/mol. The molecule has 3 aromatic heterocycles. The molecular weight excluding hydrogens is 828 g/mol. The molecule has 7 heterocycles. The smallest absolute Gasteiger partial charge is 0.301 e. The molecule has 0 radical (unpaired) electrons. The van der Waals surface area contributed by atoms with Crippen LogP contribution in [-0.4, -0.2) is 119 Å². The van der Waals surface area contributed by atoms with Crippen molar-refractivity contribution in [2.45, 2.75) is 50.9 Å². The average Bonchev–Trinajstić information content (AvgIpc) is 3.99. The molecule has 3 N–H and O–H groups in total. The zero-order valence-electron chi connectivity index (χ0n) is 33.4. The molecule has 322 valence electrons. The number of piperazine rings is 1. The molecule has 0 aliphatic carbocycles. The lowest BCUT2D eigenvalue weighted by Gasteiger charge is -2.35. The van der Waals surface area contributed by atoms with Crippen LogP contribution in [0.4, 0.5) is 24.7 Å². The largest absolute Gasteiger partial charge is 0.354 e. The van der Waals surface area contributed by atoms with E-state index in [4.69, 9.17) is 4.98 Å². The highest BCUT2D eigenvalue weighted by atomic mass is 32.2. The quantitative estimate of drug-likeness (QED) is 0.121. The number of fused-ring (bicyclic) bond motifs is 2. The van der Waals surface area contributed by atoms with Gasteiger partial charge in [0.15, 0.2) is 5.82 Å². The van der Waals surface area contributed by atoms with Crippen molar-refractivity contribution in [2.24, 2.45) is 0 Å². The van der Waals surface area contributed by atoms with Crippen LogP contribution < -0.4 is 14.9 Å². The van der Waals surface area contributed by atoms with E-state index in [9.17, 15) is 32.0 Å². The zero-order valence-corrected chi connectivity index (χ0v) is 34.2. The number of amides is 3. The number of hydrogen-bond acceptors (Lipinski definition) is 10. The maximum atomic E-state index is 15.7. The van der Waals surface area contributed by atoms with Crippen LogP contribution in [0.15, 0.2) is 67.1 Å². The van der Waals surface area contributed by atoms with E-state index in [2.05, 4.69) is 31.2 Å². The molecule has 1 unspecified atom stereocenters. The van der Waals surface area contributed by atoms with Gasteiger partial charge < -0.3 is 14.8 Å². The van der Waals surface area contributed by atoms with Crippen LogP contribution in [-0.2, 0) is 32.8 Å². The fourth-order valence-electron chi connectivity index (χ4n) is 8.67. The maximum absolute atomic E-state index is 15.7. The number of hydrogen-bond donors (Lipinski definition) is 3. The van der Waals surface area contributed by atoms with Gasteiger partial charge in [0.2, 0.25) is 17.6 Å². The number of nitrogens with zero attached hydrogens (tertiary/aromatic N) is 6. The number of pyridine rings is 2. The van der Waals surface area contributed by atoms with Crippen molar-refractivity contribution in [3.63, 3.8) is 0 Å². The normalized spacial score (nSPS) is 20.0. The first-order valence-electron chi connectivity index (χ1n) is 20.4. The summed E-state index contributed by atoms with van der Waals surface area (Å²) in [7, 11) is -4.36. The average molecular weight is 870 g/mol. The summed E-state index contributed by atoms with van der Waals surface area (Å²) >= 11 is 0. The Hall–Kier alpha value is -6.18. The minimum atomic E-state index is -4.36. The van der Waals surface area contributed by atoms with E-state index in [0.717, 1.165) is 78.9 Å². The number of piperidine rings is 1. The molecule has 4 aliphatic rings. The monoisotopic (exact) mass is 869 g/mol. The summed E-state index contributed by atoms with van der Waals surface area (Å²) in [5.74, 6) is -3.71. The Balaban J connectivity index is 0.799. The molecule has 4 aliphatic heterocycles. The third-order valence-corrected chi connectivity index (χ3v) is 13.6. The number of aryl methyl sites for hydroxylation is 1. The fraction of sp³-hybridized carbons (Fsp3) is 0.349. The van der Waals surface area contributed by atoms with E-state index in [1.54, 1.807) is 23.4 Å². The first kappa shape index (κ1) is 41.2. The van der Waals surface area contributed by atoms with Crippen molar-refractivity contribution in [1.82, 2.24) is 34.4 Å². The molecular formula is C43H42F3N9O6S. The van der Waals surface area contributed by atoms with Crippen molar-refractivity contribution in [3.8, 4) is 11.1 Å². The molecule has 3 fully saturated rings. The Morgan fingerprint density at radius 2 is 1.73 bits per heavy atom. The molecule has 3 amide bonds. The molecule has 2 atom stereocenters. The van der Waals surface area contributed by atoms with E-state index in [-0.39, 0.29) is 36.8 Å². The number of halogens is 3. The molecule has 9 rings (SSSR count). The van der Waals surface area contributed by atoms with Gasteiger partial charge in [0.1, 0.15) is 29.5 Å². The van der Waals surface area contributed by atoms with E-state index < -0.39 is 63.5 Å². The van der Waals surface area contributed by atoms with Crippen LogP contribution in [0.2, 0.25) is 0 Å². The Kier molecular flexibility index (Phi) is 11.0. The fourth-order valence-corrected chi connectivity index (χ4v) is 9.94. The Bertz CT molecular complexity index is 2720. The third kappa shape index (κ3) is 8.02. The standard InChI is InChI=1S/C43H42F3N9O6S/c44-29-11-13-54(24-29)62(60,61)51-34-7-6-33(45)38(39(34)46)40(57)32-22-49-41-31(32)19-27(21-48-41)26-4-9-36(47-20-26)53-16-14-52(15-17-53)12-1-2-25-3-5-30-28(18-25)23-55(43(30)59)35-8-10-37(56)50-42(35)58/h3-7,9,18-22,29,35,51H,1-2,8,10-17,23-24H2,(H,48,49)(H,50,56,58)/t29-,35?/m1/s1. The van der Waals surface area contributed by atoms with Gasteiger partial charge in [-0.15, -0.1) is 0 Å². The van der Waals surface area contributed by atoms with Crippen LogP contribution in [0.3, 0.4) is 0 Å². The Labute approximate surface area is 354 Å². The number of aromatic amines is 1. The number of ketones is 1. The minimum absolute atomic E-state index is 0.00253. The van der Waals surface area contributed by atoms with Crippen molar-refractivity contribution in [3.05, 3.63) is 107 Å². The number of nitrogens with one attached hydrogen (secondary N) is 3. The van der Waals surface area contributed by atoms with Crippen molar-refractivity contribution < 1.29 is 40.8 Å². The summed E-state index contributed by atoms with van der Waals surface area (Å²) in [6.07, 6.45) is 5.56. The van der Waals surface area contributed by atoms with Gasteiger partial charge in [-0.2, -0.15) is 12.7 Å². The van der Waals surface area contributed by atoms with Crippen LogP contribution in [0, 0.1) is 11.6 Å². The Morgan fingerprint density at radius 1 is 0.919 bits per heavy atom. The maximum Gasteiger partial charge on any atom is 0.301 e. The molecule has 0 saturated carbocycles. The van der Waals surface area contributed by atoms with Gasteiger partial charge in [0, 0.05) is 98.5 Å². The number of alkyl halides is 1. The number of rotatable bonds is 12. The van der Waals surface area contributed by atoms with E-state index in [1.807, 2.05) is 29.0 Å². The molecule has 0 bridgehead atoms. The highest BCUT2D eigenvalue weighted by Crippen LogP contribution is 2.32. The van der Waals surface area contributed by atoms with Gasteiger partial charge in [-0.1, -0.05) is 12.1 Å². The van der Waals surface area contributed by atoms with Gasteiger partial charge >= 0.3 is 10.2 Å². The predicted octanol–water partition coefficient (Wildman–Crippen LogP) is 4.35. The second kappa shape index (κ2) is 16.6. The molecule has 19 heteroatoms. The first-order valence-corrected chi connectivity index (χ1v) is 21.9. The number of carbonyl (C=O) groups excluding carboxylic acids is 4. The summed E-state index contributed by atoms with van der Waals surface area (Å²) in [4.78, 5) is 68.9. The SMILES string of the molecule is O=C1CCC(N2Cc3cc(CCCN4CCN(c5ccc(-c6cnc7[nH]cc(C(=O)c8c(F)ccc(NS(=O)(=O)N9CC[C@@H](F)C9)c8F)c7c6)cn5)CC4)ccc3C2=O)C(=O)N1. The van der Waals surface area contributed by atoms with E-state index in [1.165, 1.54) is 6.20 Å². The van der Waals surface area contributed by atoms with Gasteiger partial charge in [-0.05, 0) is 79.8 Å². The zero-order chi connectivity index (χ0) is 43.3. The van der Waals surface area contributed by atoms with Gasteiger partial charge in [0.25, 0.3) is 5.91 Å². The highest BCUT2D eigenvalue weighted by molar-refractivity contribution is 7.90. The molecule has 5 aromatic rings. The summed E-state index contributed by atoms with van der Waals surface area (Å²) in [5, 5.41) is 2.64. The van der Waals surface area contributed by atoms with Crippen LogP contribution in [0.25, 0.3) is 22.2 Å². The number of carbonyl (C=O) groups is 4. The summed E-state index contributed by atoms with van der Waals surface area (Å²) in [5.41, 5.74) is 2.59. The van der Waals surface area contributed by atoms with Crippen molar-refractivity contribution in [2.75, 3.05) is 55.4 Å². The topological polar surface area (TPSA) is 181 Å². The van der Waals surface area contributed by atoms with Crippen molar-refractivity contribution in [1.29, 1.82) is 0 Å². The lowest BCUT2D eigenvalue weighted by Crippen LogP contribution is -2.52. The van der Waals surface area contributed by atoms with E-state index >= 15 is 8.78 Å². The Morgan fingerprint density at radius 3 is 2.47 bits per heavy atom. The third-order valence-electron chi connectivity index (χ3n) is 12.1. The van der Waals surface area contributed by atoms with Crippen LogP contribution >= 0.6 is 0 Å². The number of imide groups is 1. The summed E-state index contributed by atoms with van der Waals surface area (Å²) in [6, 6.07) is 12.4. The second-order valence-electron chi connectivity index (χ2n) is 16.0. The minimum Gasteiger partial charge on any atom is -0.354 e. The molecule has 15 nitrogen and oxygen atoms in total. The van der Waals surface area contributed by atoms with Gasteiger partial charge in [0.05, 0.1) is 11.3 Å². The molecule has 0 spiro atoms. The van der Waals surface area contributed by atoms with Gasteiger partial charge in [-0.3, -0.25) is 34.1 Å². The first-order chi connectivity index (χ1) is 29.8. The van der Waals surface area contributed by atoms with Crippen LogP contribution in [0.5, 0.6) is 0 Å². The lowest BCUT2D eigenvalue weighted by molar-refractivity contribution is -0.136. The van der Waals surface area contributed by atoms with E-state index in [0.29, 0.717) is 40.7 Å². The highest BCUT2D eigenvalue weighted by Gasteiger charge is 2.39. The second-order valence-corrected chi connectivity index (χ2v) is 17.7. The lowest BCUT2D eigenvalue weighted by atomic mass is 10.00. The number of anilines is 2. The van der Waals surface area contributed by atoms with Crippen molar-refractivity contribution >= 4 is 56.3 Å². The molecule has 62 heavy (non-hydrogen) atoms. The van der Waals surface area contributed by atoms with Crippen LogP contribution in [0.1, 0.15) is 63.1 Å². The number of H-pyrrole nitrogens is 1. The summed E-state index contributed by atoms with van der Waals surface area (Å²) in [6.45, 7) is 4.02. The number of benzene rings is 2. The number of aromatic nitrogens is 3. The molecule has 3 saturated heterocycles. The van der Waals surface area contributed by atoms with Gasteiger partial charge in [-0.25, -0.2) is 23.1 Å². The molecule has 2 aromatic carbocycles. The summed E-state index contributed by atoms with van der Waals surface area (Å²) < 4.78 is 72.9.